The Balaban J connectivity index is 0.000000461. The molecule has 1 aliphatic carbocycles. The first-order chi connectivity index (χ1) is 6.86. The van der Waals surface area contributed by atoms with Crippen molar-refractivity contribution in [3.8, 4) is 0 Å². The van der Waals surface area contributed by atoms with Gasteiger partial charge in [-0.05, 0) is 31.9 Å². The normalized spacial score (nSPS) is 33.5. The Hall–Kier alpha value is -1.18. The summed E-state index contributed by atoms with van der Waals surface area (Å²) < 4.78 is 5.55. The highest BCUT2D eigenvalue weighted by molar-refractivity contribution is 5.32. The molecule has 2 nitrogen and oxygen atoms in total. The van der Waals surface area contributed by atoms with E-state index in [4.69, 9.17) is 4.74 Å². The maximum absolute atomic E-state index is 5.55. The number of allylic oxidation sites excluding steroid dienone is 4. The summed E-state index contributed by atoms with van der Waals surface area (Å²) in [5, 5.41) is 3.24. The van der Waals surface area contributed by atoms with Crippen LogP contribution in [0.1, 0.15) is 33.6 Å². The van der Waals surface area contributed by atoms with Gasteiger partial charge in [-0.1, -0.05) is 26.0 Å². The van der Waals surface area contributed by atoms with Crippen molar-refractivity contribution in [2.45, 2.75) is 39.8 Å². The fraction of sp³-hybridized carbons (Fsp3) is 0.500. The van der Waals surface area contributed by atoms with Gasteiger partial charge in [0, 0.05) is 0 Å². The van der Waals surface area contributed by atoms with Crippen molar-refractivity contribution < 1.29 is 4.74 Å². The molecule has 0 spiro atoms. The minimum absolute atomic E-state index is 0.119. The Morgan fingerprint density at radius 3 is 2.93 bits per heavy atom. The first-order valence-corrected chi connectivity index (χ1v) is 5.37. The summed E-state index contributed by atoms with van der Waals surface area (Å²) in [5.41, 5.74) is 1.11. The third-order valence-electron chi connectivity index (χ3n) is 1.99. The van der Waals surface area contributed by atoms with E-state index in [1.807, 2.05) is 20.8 Å². The Labute approximate surface area is 86.3 Å². The number of rotatable bonds is 0. The topological polar surface area (TPSA) is 21.3 Å². The summed E-state index contributed by atoms with van der Waals surface area (Å²) >= 11 is 0. The molecule has 1 unspecified atom stereocenters. The lowest BCUT2D eigenvalue weighted by atomic mass is 10.2. The SMILES string of the molecule is CC.CC1NC2=C/C=C\CC/C=C\2O1. The summed E-state index contributed by atoms with van der Waals surface area (Å²) in [7, 11) is 0. The molecule has 14 heavy (non-hydrogen) atoms. The molecule has 1 atom stereocenters. The summed E-state index contributed by atoms with van der Waals surface area (Å²) in [6.45, 7) is 6.01. The highest BCUT2D eigenvalue weighted by atomic mass is 16.5. The largest absolute Gasteiger partial charge is 0.469 e. The number of hydrogen-bond donors (Lipinski definition) is 1. The summed E-state index contributed by atoms with van der Waals surface area (Å²) in [5.74, 6) is 1.01. The standard InChI is InChI=1S/C10H13NO.C2H6/c1-8-11-9-6-4-2-3-5-7-10(9)12-8;1-2/h2,4,6-8,11H,3,5H2,1H3;1-2H3/b4-2-,9-6+,10-7+;. The first kappa shape index (κ1) is 10.9. The third-order valence-corrected chi connectivity index (χ3v) is 1.99. The van der Waals surface area contributed by atoms with Crippen LogP contribution in [0.4, 0.5) is 0 Å². The van der Waals surface area contributed by atoms with E-state index in [1.165, 1.54) is 0 Å². The molecule has 2 rings (SSSR count). The van der Waals surface area contributed by atoms with E-state index >= 15 is 0 Å². The average Bonchev–Trinajstić information content (AvgIpc) is 2.50. The van der Waals surface area contributed by atoms with Gasteiger partial charge in [-0.3, -0.25) is 0 Å². The van der Waals surface area contributed by atoms with Gasteiger partial charge in [0.05, 0.1) is 5.70 Å². The zero-order valence-electron chi connectivity index (χ0n) is 9.21. The van der Waals surface area contributed by atoms with Crippen molar-refractivity contribution >= 4 is 0 Å². The third kappa shape index (κ3) is 2.66. The lowest BCUT2D eigenvalue weighted by Gasteiger charge is -2.00. The van der Waals surface area contributed by atoms with Crippen LogP contribution in [0.2, 0.25) is 0 Å². The van der Waals surface area contributed by atoms with Crippen LogP contribution in [0, 0.1) is 0 Å². The highest BCUT2D eigenvalue weighted by Crippen LogP contribution is 2.21. The van der Waals surface area contributed by atoms with Gasteiger partial charge in [0.1, 0.15) is 5.76 Å². The molecule has 1 N–H and O–H groups in total. The zero-order chi connectivity index (χ0) is 10.4. The van der Waals surface area contributed by atoms with Crippen LogP contribution >= 0.6 is 0 Å². The van der Waals surface area contributed by atoms with Gasteiger partial charge in [0.15, 0.2) is 6.23 Å². The van der Waals surface area contributed by atoms with Crippen LogP contribution in [0.5, 0.6) is 0 Å². The maximum Gasteiger partial charge on any atom is 0.167 e. The molecule has 0 aromatic carbocycles. The van der Waals surface area contributed by atoms with Gasteiger partial charge < -0.3 is 10.1 Å². The lowest BCUT2D eigenvalue weighted by Crippen LogP contribution is -2.16. The van der Waals surface area contributed by atoms with Gasteiger partial charge in [-0.2, -0.15) is 0 Å². The van der Waals surface area contributed by atoms with E-state index in [-0.39, 0.29) is 6.23 Å². The van der Waals surface area contributed by atoms with E-state index in [1.54, 1.807) is 0 Å². The molecule has 2 heteroatoms. The van der Waals surface area contributed by atoms with Gasteiger partial charge >= 0.3 is 0 Å². The van der Waals surface area contributed by atoms with Gasteiger partial charge in [0.25, 0.3) is 0 Å². The second kappa shape index (κ2) is 5.53. The Morgan fingerprint density at radius 2 is 2.14 bits per heavy atom. The van der Waals surface area contributed by atoms with Crippen LogP contribution in [-0.2, 0) is 4.74 Å². The number of nitrogens with one attached hydrogen (secondary N) is 1. The molecule has 78 valence electrons. The smallest absolute Gasteiger partial charge is 0.167 e. The number of fused-ring (bicyclic) bond motifs is 1. The molecule has 0 radical (unpaired) electrons. The van der Waals surface area contributed by atoms with Gasteiger partial charge in [-0.25, -0.2) is 0 Å². The molecule has 1 saturated heterocycles. The molecule has 1 aliphatic heterocycles. The van der Waals surface area contributed by atoms with E-state index in [2.05, 4.69) is 29.6 Å². The summed E-state index contributed by atoms with van der Waals surface area (Å²) in [6.07, 6.45) is 10.7. The van der Waals surface area contributed by atoms with E-state index in [9.17, 15) is 0 Å². The average molecular weight is 193 g/mol. The fourth-order valence-electron chi connectivity index (χ4n) is 1.43. The van der Waals surface area contributed by atoms with E-state index < -0.39 is 0 Å². The van der Waals surface area contributed by atoms with Crippen molar-refractivity contribution in [3.63, 3.8) is 0 Å². The maximum atomic E-state index is 5.55. The van der Waals surface area contributed by atoms with Crippen molar-refractivity contribution in [1.29, 1.82) is 0 Å². The minimum Gasteiger partial charge on any atom is -0.469 e. The lowest BCUT2D eigenvalue weighted by molar-refractivity contribution is 0.163. The monoisotopic (exact) mass is 193 g/mol. The predicted octanol–water partition coefficient (Wildman–Crippen LogP) is 3.10. The predicted molar refractivity (Wildman–Crippen MR) is 59.6 cm³/mol. The van der Waals surface area contributed by atoms with Crippen LogP contribution in [0.25, 0.3) is 0 Å². The second-order valence-corrected chi connectivity index (χ2v) is 3.06. The van der Waals surface area contributed by atoms with Crippen LogP contribution < -0.4 is 5.32 Å². The minimum atomic E-state index is 0.119. The van der Waals surface area contributed by atoms with Crippen molar-refractivity contribution in [1.82, 2.24) is 5.32 Å². The Morgan fingerprint density at radius 1 is 1.36 bits per heavy atom. The first-order valence-electron chi connectivity index (χ1n) is 5.37. The molecule has 0 aromatic heterocycles. The van der Waals surface area contributed by atoms with Gasteiger partial charge in [-0.15, -0.1) is 0 Å². The Bertz CT molecular complexity index is 263. The van der Waals surface area contributed by atoms with Crippen molar-refractivity contribution in [3.05, 3.63) is 35.8 Å². The quantitative estimate of drug-likeness (QED) is 0.638. The summed E-state index contributed by atoms with van der Waals surface area (Å²) in [4.78, 5) is 0. The van der Waals surface area contributed by atoms with Crippen LogP contribution in [0.15, 0.2) is 35.8 Å². The van der Waals surface area contributed by atoms with Gasteiger partial charge in [0.2, 0.25) is 0 Å². The summed E-state index contributed by atoms with van der Waals surface area (Å²) in [6, 6.07) is 0. The molecule has 0 amide bonds. The molecule has 0 aromatic rings. The molecular weight excluding hydrogens is 174 g/mol. The molecule has 0 saturated carbocycles. The Kier molecular flexibility index (Phi) is 4.30. The molecule has 1 fully saturated rings. The fourth-order valence-corrected chi connectivity index (χ4v) is 1.43. The van der Waals surface area contributed by atoms with Crippen LogP contribution in [0.3, 0.4) is 0 Å². The number of ether oxygens (including phenoxy) is 1. The molecule has 1 heterocycles. The highest BCUT2D eigenvalue weighted by Gasteiger charge is 2.19. The number of hydrogen-bond acceptors (Lipinski definition) is 2. The van der Waals surface area contributed by atoms with Crippen LogP contribution in [-0.4, -0.2) is 6.23 Å². The molecule has 0 bridgehead atoms. The zero-order valence-corrected chi connectivity index (χ0v) is 9.21. The van der Waals surface area contributed by atoms with Crippen molar-refractivity contribution in [2.75, 3.05) is 0 Å². The van der Waals surface area contributed by atoms with E-state index in [0.717, 1.165) is 24.3 Å². The molecule has 2 aliphatic rings. The molecular formula is C12H19NO. The second-order valence-electron chi connectivity index (χ2n) is 3.06. The van der Waals surface area contributed by atoms with Crippen molar-refractivity contribution in [2.24, 2.45) is 0 Å². The van der Waals surface area contributed by atoms with E-state index in [0.29, 0.717) is 0 Å².